The molecule has 9 rings (SSSR count). The van der Waals surface area contributed by atoms with Gasteiger partial charge in [0.05, 0.1) is 36.2 Å². The number of aromatic amines is 1. The summed E-state index contributed by atoms with van der Waals surface area (Å²) in [6.07, 6.45) is 17.0. The number of esters is 1. The van der Waals surface area contributed by atoms with Gasteiger partial charge < -0.3 is 19.7 Å². The van der Waals surface area contributed by atoms with Crippen molar-refractivity contribution < 1.29 is 28.6 Å². The summed E-state index contributed by atoms with van der Waals surface area (Å²) >= 11 is 0. The standard InChI is InChI=1S/C51H72FN3O5/c1-45(2,28-40(56)57)29-41(58)60-39-19-20-48(6)37(46(39,3)4)18-21-50(8)38(48)16-15-34-42-33(47(5)23-24-47)17-22-51(42,26-25-49(34,50)7)44(59)55-27-9-10-36(55)43-53-30-35(54-43)31-11-13-32(52)14-12-31/h11-14,30,33-34,36-39,42H,9-10,15-29H2,1-8H3,(H,53,54)(H,56,57)/t33?,34-,36+,37+,38-,39+,42-,48+,49-,50-,51+/m1/s1. The number of fused-ring (bicyclic) bond motifs is 7. The number of nitrogens with zero attached hydrogens (tertiary/aromatic N) is 2. The highest BCUT2D eigenvalue weighted by Gasteiger charge is 2.74. The molecule has 7 aliphatic rings. The zero-order valence-electron chi connectivity index (χ0n) is 37.8. The summed E-state index contributed by atoms with van der Waals surface area (Å²) in [5, 5.41) is 9.41. The Labute approximate surface area is 358 Å². The molecule has 11 atom stereocenters. The number of H-pyrrole nitrogens is 1. The molecule has 7 fully saturated rings. The van der Waals surface area contributed by atoms with E-state index in [0.29, 0.717) is 40.9 Å². The van der Waals surface area contributed by atoms with E-state index in [-0.39, 0.29) is 63.8 Å². The van der Waals surface area contributed by atoms with Gasteiger partial charge in [-0.25, -0.2) is 9.37 Å². The number of hydrogen-bond donors (Lipinski definition) is 2. The van der Waals surface area contributed by atoms with Crippen molar-refractivity contribution in [2.24, 2.45) is 67.5 Å². The normalized spacial score (nSPS) is 40.1. The maximum Gasteiger partial charge on any atom is 0.306 e. The highest BCUT2D eigenvalue weighted by Crippen LogP contribution is 2.79. The van der Waals surface area contributed by atoms with Gasteiger partial charge in [0, 0.05) is 12.0 Å². The first kappa shape index (κ1) is 42.1. The highest BCUT2D eigenvalue weighted by atomic mass is 19.1. The summed E-state index contributed by atoms with van der Waals surface area (Å²) in [5.74, 6) is 2.30. The molecule has 1 saturated heterocycles. The van der Waals surface area contributed by atoms with Gasteiger partial charge in [-0.1, -0.05) is 55.4 Å². The number of nitrogens with one attached hydrogen (secondary N) is 1. The number of carboxylic acid groups (broad SMARTS) is 1. The molecule has 1 unspecified atom stereocenters. The van der Waals surface area contributed by atoms with Crippen LogP contribution >= 0.6 is 0 Å². The number of carbonyl (C=O) groups excluding carboxylic acids is 2. The molecule has 9 heteroatoms. The molecule has 0 bridgehead atoms. The van der Waals surface area contributed by atoms with E-state index in [9.17, 15) is 19.1 Å². The Morgan fingerprint density at radius 2 is 1.57 bits per heavy atom. The minimum Gasteiger partial charge on any atom is -0.481 e. The van der Waals surface area contributed by atoms with Crippen LogP contribution in [-0.4, -0.2) is 50.5 Å². The van der Waals surface area contributed by atoms with Gasteiger partial charge in [0.1, 0.15) is 17.7 Å². The lowest BCUT2D eigenvalue weighted by Crippen LogP contribution is -2.67. The molecular formula is C51H72FN3O5. The van der Waals surface area contributed by atoms with E-state index in [4.69, 9.17) is 9.72 Å². The smallest absolute Gasteiger partial charge is 0.306 e. The number of benzene rings is 1. The molecule has 1 amide bonds. The topological polar surface area (TPSA) is 113 Å². The summed E-state index contributed by atoms with van der Waals surface area (Å²) in [4.78, 5) is 51.1. The van der Waals surface area contributed by atoms with Crippen LogP contribution in [-0.2, 0) is 19.1 Å². The Morgan fingerprint density at radius 1 is 0.833 bits per heavy atom. The Bertz CT molecular complexity index is 2020. The summed E-state index contributed by atoms with van der Waals surface area (Å²) < 4.78 is 20.1. The minimum atomic E-state index is -0.889. The molecule has 1 aromatic heterocycles. The first-order chi connectivity index (χ1) is 28.2. The molecule has 6 saturated carbocycles. The maximum atomic E-state index is 15.7. The van der Waals surface area contributed by atoms with E-state index in [2.05, 4.69) is 51.4 Å². The third kappa shape index (κ3) is 6.36. The molecule has 60 heavy (non-hydrogen) atoms. The van der Waals surface area contributed by atoms with Crippen LogP contribution in [0.15, 0.2) is 30.5 Å². The lowest BCUT2D eigenvalue weighted by molar-refractivity contribution is -0.251. The monoisotopic (exact) mass is 826 g/mol. The van der Waals surface area contributed by atoms with Crippen LogP contribution in [0.4, 0.5) is 4.39 Å². The predicted molar refractivity (Wildman–Crippen MR) is 230 cm³/mol. The molecular weight excluding hydrogens is 754 g/mol. The number of hydrogen-bond acceptors (Lipinski definition) is 5. The lowest BCUT2D eigenvalue weighted by Gasteiger charge is -2.73. The van der Waals surface area contributed by atoms with Gasteiger partial charge in [0.2, 0.25) is 5.91 Å². The highest BCUT2D eigenvalue weighted by molar-refractivity contribution is 5.84. The number of amides is 1. The molecule has 1 aliphatic heterocycles. The summed E-state index contributed by atoms with van der Waals surface area (Å²) in [7, 11) is 0. The zero-order valence-corrected chi connectivity index (χ0v) is 37.8. The van der Waals surface area contributed by atoms with Gasteiger partial charge in [-0.05, 0) is 176 Å². The van der Waals surface area contributed by atoms with Crippen LogP contribution in [0.5, 0.6) is 0 Å². The number of likely N-dealkylation sites (tertiary alicyclic amines) is 1. The molecule has 8 nitrogen and oxygen atoms in total. The van der Waals surface area contributed by atoms with E-state index < -0.39 is 11.4 Å². The lowest BCUT2D eigenvalue weighted by atomic mass is 9.32. The first-order valence-corrected chi connectivity index (χ1v) is 23.7. The Kier molecular flexibility index (Phi) is 9.92. The fourth-order valence-electron chi connectivity index (χ4n) is 16.4. The molecule has 2 heterocycles. The van der Waals surface area contributed by atoms with Crippen LogP contribution in [0.1, 0.15) is 170 Å². The number of carboxylic acids is 1. The third-order valence-corrected chi connectivity index (χ3v) is 19.8. The second kappa shape index (κ2) is 14.1. The quantitative estimate of drug-likeness (QED) is 0.244. The summed E-state index contributed by atoms with van der Waals surface area (Å²) in [5.41, 5.74) is 1.32. The van der Waals surface area contributed by atoms with Crippen LogP contribution in [0.2, 0.25) is 0 Å². The Balaban J connectivity index is 0.977. The minimum absolute atomic E-state index is 0.0580. The molecule has 1 aromatic carbocycles. The largest absolute Gasteiger partial charge is 0.481 e. The number of aliphatic carboxylic acids is 1. The molecule has 328 valence electrons. The second-order valence-corrected chi connectivity index (χ2v) is 23.7. The first-order valence-electron chi connectivity index (χ1n) is 23.7. The van der Waals surface area contributed by atoms with Crippen LogP contribution in [0.25, 0.3) is 11.3 Å². The Morgan fingerprint density at radius 3 is 2.27 bits per heavy atom. The van der Waals surface area contributed by atoms with Crippen LogP contribution in [0.3, 0.4) is 0 Å². The van der Waals surface area contributed by atoms with Gasteiger partial charge in [0.25, 0.3) is 0 Å². The van der Waals surface area contributed by atoms with Crippen LogP contribution in [0, 0.1) is 73.3 Å². The van der Waals surface area contributed by atoms with Gasteiger partial charge in [-0.2, -0.15) is 0 Å². The maximum absolute atomic E-state index is 15.7. The predicted octanol–water partition coefficient (Wildman–Crippen LogP) is 11.6. The summed E-state index contributed by atoms with van der Waals surface area (Å²) in [6.45, 7) is 19.6. The molecule has 0 spiro atoms. The fourth-order valence-corrected chi connectivity index (χ4v) is 16.4. The number of aromatic nitrogens is 2. The van der Waals surface area contributed by atoms with E-state index in [1.807, 2.05) is 20.0 Å². The number of ether oxygens (including phenoxy) is 1. The van der Waals surface area contributed by atoms with Gasteiger partial charge in [-0.3, -0.25) is 14.4 Å². The van der Waals surface area contributed by atoms with Crippen molar-refractivity contribution in [3.05, 3.63) is 42.1 Å². The zero-order chi connectivity index (χ0) is 42.8. The Hall–Kier alpha value is -3.23. The van der Waals surface area contributed by atoms with Crippen molar-refractivity contribution in [1.29, 1.82) is 0 Å². The van der Waals surface area contributed by atoms with Crippen molar-refractivity contribution in [2.75, 3.05) is 6.54 Å². The average molecular weight is 826 g/mol. The fraction of sp³-hybridized carbons (Fsp3) is 0.765. The van der Waals surface area contributed by atoms with E-state index in [1.54, 1.807) is 12.1 Å². The van der Waals surface area contributed by atoms with E-state index >= 15 is 4.79 Å². The molecule has 2 aromatic rings. The van der Waals surface area contributed by atoms with Crippen molar-refractivity contribution in [2.45, 2.75) is 170 Å². The second-order valence-electron chi connectivity index (χ2n) is 23.7. The van der Waals surface area contributed by atoms with Gasteiger partial charge in [-0.15, -0.1) is 0 Å². The number of imidazole rings is 1. The number of carbonyl (C=O) groups is 3. The van der Waals surface area contributed by atoms with Gasteiger partial charge >= 0.3 is 11.9 Å². The van der Waals surface area contributed by atoms with Gasteiger partial charge in [0.15, 0.2) is 0 Å². The molecule has 6 aliphatic carbocycles. The SMILES string of the molecule is CC(C)(CC(=O)O)CC(=O)O[C@H]1CC[C@]2(C)[C@H]3CC[C@@H]4[C@H]5C(C6(C)CC6)CC[C@]5(C(=O)N5CCC[C@H]5c5ncc(-c6ccc(F)cc6)[nH]5)CC[C@@]4(C)[C@]3(C)CC[C@H]2C1(C)C. The molecule has 2 N–H and O–H groups in total. The van der Waals surface area contributed by atoms with E-state index in [1.165, 1.54) is 44.2 Å². The van der Waals surface area contributed by atoms with Crippen LogP contribution < -0.4 is 0 Å². The molecule has 0 radical (unpaired) electrons. The third-order valence-electron chi connectivity index (χ3n) is 19.8. The van der Waals surface area contributed by atoms with Crippen molar-refractivity contribution in [3.63, 3.8) is 0 Å². The van der Waals surface area contributed by atoms with Crippen molar-refractivity contribution in [1.82, 2.24) is 14.9 Å². The average Bonchev–Trinajstić information content (AvgIpc) is 3.55. The van der Waals surface area contributed by atoms with E-state index in [0.717, 1.165) is 81.4 Å². The van der Waals surface area contributed by atoms with Crippen molar-refractivity contribution >= 4 is 17.8 Å². The number of rotatable bonds is 9. The number of halogens is 1. The van der Waals surface area contributed by atoms with Crippen molar-refractivity contribution in [3.8, 4) is 11.3 Å². The summed E-state index contributed by atoms with van der Waals surface area (Å²) in [6, 6.07) is 6.46.